The van der Waals surface area contributed by atoms with Crippen molar-refractivity contribution >= 4 is 34.9 Å². The van der Waals surface area contributed by atoms with Gasteiger partial charge in [-0.3, -0.25) is 4.79 Å². The minimum absolute atomic E-state index is 0.272. The maximum absolute atomic E-state index is 12.7. The van der Waals surface area contributed by atoms with Crippen molar-refractivity contribution in [2.75, 3.05) is 5.32 Å². The third kappa shape index (κ3) is 3.13. The average Bonchev–Trinajstić information content (AvgIpc) is 2.89. The molecule has 0 aliphatic heterocycles. The van der Waals surface area contributed by atoms with E-state index >= 15 is 0 Å². The minimum atomic E-state index is -0.391. The Morgan fingerprint density at radius 1 is 1.17 bits per heavy atom. The Morgan fingerprint density at radius 3 is 2.54 bits per heavy atom. The Hall–Kier alpha value is -2.37. The summed E-state index contributed by atoms with van der Waals surface area (Å²) < 4.78 is 5.19. The Kier molecular flexibility index (Phi) is 4.55. The summed E-state index contributed by atoms with van der Waals surface area (Å²) in [6.07, 6.45) is 1.62. The van der Waals surface area contributed by atoms with E-state index in [1.807, 2.05) is 13.0 Å². The number of carbonyl (C=O) groups excluding carboxylic acids is 1. The summed E-state index contributed by atoms with van der Waals surface area (Å²) in [4.78, 5) is 16.8. The molecule has 1 N–H and O–H groups in total. The Morgan fingerprint density at radius 2 is 1.88 bits per heavy atom. The number of nitrogens with zero attached hydrogens (tertiary/aromatic N) is 2. The van der Waals surface area contributed by atoms with Crippen LogP contribution in [0.4, 0.5) is 5.82 Å². The normalized spacial score (nSPS) is 10.7. The number of hydrogen-bond acceptors (Lipinski definition) is 4. The molecule has 122 valence electrons. The van der Waals surface area contributed by atoms with Gasteiger partial charge in [0.1, 0.15) is 22.8 Å². The summed E-state index contributed by atoms with van der Waals surface area (Å²) in [5, 5.41) is 7.48. The first kappa shape index (κ1) is 16.5. The molecule has 0 unspecified atom stereocenters. The molecule has 0 spiro atoms. The summed E-state index contributed by atoms with van der Waals surface area (Å²) in [5.41, 5.74) is 2.01. The molecule has 7 heteroatoms. The van der Waals surface area contributed by atoms with E-state index in [1.165, 1.54) is 0 Å². The predicted molar refractivity (Wildman–Crippen MR) is 93.6 cm³/mol. The van der Waals surface area contributed by atoms with Crippen LogP contribution in [0, 0.1) is 13.8 Å². The molecule has 0 atom stereocenters. The van der Waals surface area contributed by atoms with Crippen molar-refractivity contribution in [2.24, 2.45) is 0 Å². The summed E-state index contributed by atoms with van der Waals surface area (Å²) in [7, 11) is 0. The number of rotatable bonds is 3. The van der Waals surface area contributed by atoms with Gasteiger partial charge < -0.3 is 9.84 Å². The van der Waals surface area contributed by atoms with Crippen LogP contribution in [0.15, 0.2) is 41.1 Å². The van der Waals surface area contributed by atoms with Gasteiger partial charge in [0.25, 0.3) is 5.91 Å². The predicted octanol–water partition coefficient (Wildman–Crippen LogP) is 4.91. The molecule has 2 aromatic heterocycles. The number of aromatic nitrogens is 2. The minimum Gasteiger partial charge on any atom is -0.360 e. The van der Waals surface area contributed by atoms with E-state index in [1.54, 1.807) is 37.4 Å². The molecule has 0 aliphatic rings. The number of anilines is 1. The van der Waals surface area contributed by atoms with Crippen molar-refractivity contribution in [3.8, 4) is 11.3 Å². The van der Waals surface area contributed by atoms with Crippen LogP contribution in [-0.2, 0) is 0 Å². The van der Waals surface area contributed by atoms with Crippen LogP contribution in [0.2, 0.25) is 10.0 Å². The molecule has 0 aliphatic carbocycles. The molecular weight excluding hydrogens is 349 g/mol. The highest BCUT2D eigenvalue weighted by atomic mass is 35.5. The average molecular weight is 362 g/mol. The Balaban J connectivity index is 2.03. The number of amides is 1. The largest absolute Gasteiger partial charge is 0.360 e. The fraction of sp³-hybridized carbons (Fsp3) is 0.118. The number of benzene rings is 1. The van der Waals surface area contributed by atoms with Crippen molar-refractivity contribution in [3.63, 3.8) is 0 Å². The Labute approximate surface area is 148 Å². The smallest absolute Gasteiger partial charge is 0.262 e. The van der Waals surface area contributed by atoms with Crippen molar-refractivity contribution < 1.29 is 9.32 Å². The van der Waals surface area contributed by atoms with Crippen LogP contribution < -0.4 is 5.32 Å². The first-order valence-corrected chi connectivity index (χ1v) is 7.87. The molecule has 0 saturated carbocycles. The summed E-state index contributed by atoms with van der Waals surface area (Å²) in [5.74, 6) is 0.417. The van der Waals surface area contributed by atoms with Gasteiger partial charge >= 0.3 is 0 Å². The first-order chi connectivity index (χ1) is 11.5. The lowest BCUT2D eigenvalue weighted by Gasteiger charge is -2.07. The molecule has 1 amide bonds. The number of pyridine rings is 1. The van der Waals surface area contributed by atoms with E-state index in [2.05, 4.69) is 15.5 Å². The highest BCUT2D eigenvalue weighted by molar-refractivity contribution is 6.39. The number of hydrogen-bond donors (Lipinski definition) is 1. The summed E-state index contributed by atoms with van der Waals surface area (Å²) in [6, 6.07) is 8.68. The van der Waals surface area contributed by atoms with Gasteiger partial charge in [-0.1, -0.05) is 34.4 Å². The molecular formula is C17H13Cl2N3O2. The van der Waals surface area contributed by atoms with Crippen LogP contribution in [-0.4, -0.2) is 16.0 Å². The summed E-state index contributed by atoms with van der Waals surface area (Å²) in [6.45, 7) is 3.57. The third-order valence-corrected chi connectivity index (χ3v) is 4.08. The van der Waals surface area contributed by atoms with Crippen molar-refractivity contribution in [3.05, 3.63) is 63.5 Å². The van der Waals surface area contributed by atoms with Crippen LogP contribution in [0.25, 0.3) is 11.3 Å². The zero-order valence-corrected chi connectivity index (χ0v) is 14.4. The van der Waals surface area contributed by atoms with Gasteiger partial charge in [0.15, 0.2) is 0 Å². The lowest BCUT2D eigenvalue weighted by atomic mass is 10.1. The van der Waals surface area contributed by atoms with E-state index in [-0.39, 0.29) is 5.56 Å². The number of carbonyl (C=O) groups is 1. The summed E-state index contributed by atoms with van der Waals surface area (Å²) >= 11 is 12.4. The monoisotopic (exact) mass is 361 g/mol. The van der Waals surface area contributed by atoms with Crippen LogP contribution in [0.1, 0.15) is 21.7 Å². The van der Waals surface area contributed by atoms with Crippen LogP contribution in [0.5, 0.6) is 0 Å². The van der Waals surface area contributed by atoms with E-state index in [4.69, 9.17) is 27.7 Å². The van der Waals surface area contributed by atoms with Gasteiger partial charge in [0.05, 0.1) is 10.0 Å². The van der Waals surface area contributed by atoms with Crippen LogP contribution in [0.3, 0.4) is 0 Å². The van der Waals surface area contributed by atoms with Crippen molar-refractivity contribution in [1.82, 2.24) is 10.1 Å². The van der Waals surface area contributed by atoms with Gasteiger partial charge in [0, 0.05) is 11.8 Å². The van der Waals surface area contributed by atoms with E-state index in [0.717, 1.165) is 5.56 Å². The number of nitrogens with one attached hydrogen (secondary N) is 1. The zero-order chi connectivity index (χ0) is 17.3. The van der Waals surface area contributed by atoms with E-state index < -0.39 is 5.91 Å². The molecule has 5 nitrogen and oxygen atoms in total. The third-order valence-electron chi connectivity index (χ3n) is 3.45. The Bertz CT molecular complexity index is 902. The SMILES string of the molecule is Cc1ccnc(NC(=O)c2c(-c3c(Cl)cccc3Cl)noc2C)c1. The molecule has 0 bridgehead atoms. The molecule has 1 aromatic carbocycles. The molecule has 0 fully saturated rings. The molecule has 0 saturated heterocycles. The molecule has 2 heterocycles. The second-order valence-corrected chi connectivity index (χ2v) is 6.05. The number of aryl methyl sites for hydroxylation is 2. The highest BCUT2D eigenvalue weighted by Gasteiger charge is 2.25. The lowest BCUT2D eigenvalue weighted by Crippen LogP contribution is -2.14. The number of halogens is 2. The molecule has 24 heavy (non-hydrogen) atoms. The van der Waals surface area contributed by atoms with Gasteiger partial charge in [-0.05, 0) is 43.7 Å². The maximum Gasteiger partial charge on any atom is 0.262 e. The fourth-order valence-corrected chi connectivity index (χ4v) is 2.89. The quantitative estimate of drug-likeness (QED) is 0.719. The molecule has 3 aromatic rings. The standard InChI is InChI=1S/C17H13Cl2N3O2/c1-9-6-7-20-13(8-9)21-17(23)14-10(2)24-22-16(14)15-11(18)4-3-5-12(15)19/h3-8H,1-2H3,(H,20,21,23). The van der Waals surface area contributed by atoms with Crippen LogP contribution >= 0.6 is 23.2 Å². The fourth-order valence-electron chi connectivity index (χ4n) is 2.32. The highest BCUT2D eigenvalue weighted by Crippen LogP contribution is 2.36. The zero-order valence-electron chi connectivity index (χ0n) is 12.9. The van der Waals surface area contributed by atoms with Gasteiger partial charge in [-0.25, -0.2) is 4.98 Å². The van der Waals surface area contributed by atoms with E-state index in [0.29, 0.717) is 32.9 Å². The van der Waals surface area contributed by atoms with E-state index in [9.17, 15) is 4.79 Å². The first-order valence-electron chi connectivity index (χ1n) is 7.12. The van der Waals surface area contributed by atoms with Gasteiger partial charge in [-0.2, -0.15) is 0 Å². The van der Waals surface area contributed by atoms with Crippen molar-refractivity contribution in [2.45, 2.75) is 13.8 Å². The van der Waals surface area contributed by atoms with Gasteiger partial charge in [-0.15, -0.1) is 0 Å². The molecule has 3 rings (SSSR count). The second-order valence-electron chi connectivity index (χ2n) is 5.23. The second kappa shape index (κ2) is 6.63. The topological polar surface area (TPSA) is 68.0 Å². The van der Waals surface area contributed by atoms with Gasteiger partial charge in [0.2, 0.25) is 0 Å². The maximum atomic E-state index is 12.7. The molecule has 0 radical (unpaired) electrons. The van der Waals surface area contributed by atoms with Crippen molar-refractivity contribution in [1.29, 1.82) is 0 Å². The lowest BCUT2D eigenvalue weighted by molar-refractivity contribution is 0.102.